The molecule has 0 aliphatic heterocycles. The van der Waals surface area contributed by atoms with Crippen molar-refractivity contribution in [3.8, 4) is 0 Å². The van der Waals surface area contributed by atoms with Gasteiger partial charge in [-0.25, -0.2) is 12.8 Å². The zero-order valence-electron chi connectivity index (χ0n) is 11.8. The van der Waals surface area contributed by atoms with Gasteiger partial charge in [-0.15, -0.1) is 0 Å². The van der Waals surface area contributed by atoms with Crippen molar-refractivity contribution in [2.75, 3.05) is 13.7 Å². The first-order chi connectivity index (χ1) is 9.86. The van der Waals surface area contributed by atoms with Gasteiger partial charge in [0.25, 0.3) is 0 Å². The maximum atomic E-state index is 13.3. The molecule has 0 saturated heterocycles. The number of aliphatic hydroxyl groups is 1. The second kappa shape index (κ2) is 6.60. The van der Waals surface area contributed by atoms with Crippen LogP contribution in [0.15, 0.2) is 23.1 Å². The van der Waals surface area contributed by atoms with Gasteiger partial charge in [-0.05, 0) is 49.8 Å². The first-order valence-corrected chi connectivity index (χ1v) is 8.72. The van der Waals surface area contributed by atoms with Crippen molar-refractivity contribution in [1.29, 1.82) is 0 Å². The molecule has 1 aliphatic carbocycles. The van der Waals surface area contributed by atoms with E-state index in [2.05, 4.69) is 0 Å². The van der Waals surface area contributed by atoms with Gasteiger partial charge >= 0.3 is 0 Å². The van der Waals surface area contributed by atoms with Crippen LogP contribution in [0.4, 0.5) is 4.39 Å². The Bertz CT molecular complexity index is 600. The second-order valence-electron chi connectivity index (χ2n) is 5.45. The fourth-order valence-corrected chi connectivity index (χ4v) is 4.62. The van der Waals surface area contributed by atoms with Crippen LogP contribution in [-0.4, -0.2) is 37.5 Å². The molecule has 1 aliphatic rings. The van der Waals surface area contributed by atoms with Crippen LogP contribution in [0.1, 0.15) is 25.7 Å². The molecule has 4 nitrogen and oxygen atoms in total. The fourth-order valence-electron chi connectivity index (χ4n) is 2.72. The third-order valence-electron chi connectivity index (χ3n) is 4.14. The summed E-state index contributed by atoms with van der Waals surface area (Å²) in [7, 11) is -2.32. The predicted molar refractivity (Wildman–Crippen MR) is 79.2 cm³/mol. The predicted octanol–water partition coefficient (Wildman–Crippen LogP) is 2.65. The molecule has 0 aromatic heterocycles. The second-order valence-corrected chi connectivity index (χ2v) is 7.83. The van der Waals surface area contributed by atoms with E-state index in [-0.39, 0.29) is 28.5 Å². The zero-order chi connectivity index (χ0) is 15.6. The molecule has 21 heavy (non-hydrogen) atoms. The van der Waals surface area contributed by atoms with E-state index in [1.807, 2.05) is 0 Å². The number of rotatable bonds is 4. The third-order valence-corrected chi connectivity index (χ3v) is 6.53. The maximum absolute atomic E-state index is 13.3. The molecule has 2 rings (SSSR count). The lowest BCUT2D eigenvalue weighted by Gasteiger charge is -2.33. The lowest BCUT2D eigenvalue weighted by molar-refractivity contribution is 0.159. The molecule has 1 saturated carbocycles. The van der Waals surface area contributed by atoms with E-state index in [1.165, 1.54) is 17.4 Å². The summed E-state index contributed by atoms with van der Waals surface area (Å²) in [5.74, 6) is -0.384. The molecule has 1 aromatic rings. The third kappa shape index (κ3) is 3.56. The molecule has 0 bridgehead atoms. The minimum Gasteiger partial charge on any atom is -0.396 e. The van der Waals surface area contributed by atoms with E-state index in [9.17, 15) is 12.8 Å². The van der Waals surface area contributed by atoms with Gasteiger partial charge < -0.3 is 5.11 Å². The summed E-state index contributed by atoms with van der Waals surface area (Å²) in [4.78, 5) is -0.198. The Balaban J connectivity index is 2.21. The number of hydrogen-bond donors (Lipinski definition) is 1. The van der Waals surface area contributed by atoms with Gasteiger partial charge in [-0.2, -0.15) is 4.31 Å². The highest BCUT2D eigenvalue weighted by Gasteiger charge is 2.32. The van der Waals surface area contributed by atoms with Crippen LogP contribution in [0, 0.1) is 11.7 Å². The number of benzene rings is 1. The average Bonchev–Trinajstić information content (AvgIpc) is 2.49. The Morgan fingerprint density at radius 2 is 1.95 bits per heavy atom. The van der Waals surface area contributed by atoms with Crippen LogP contribution in [0.5, 0.6) is 0 Å². The molecule has 0 unspecified atom stereocenters. The highest BCUT2D eigenvalue weighted by molar-refractivity contribution is 7.89. The molecule has 0 heterocycles. The van der Waals surface area contributed by atoms with Gasteiger partial charge in [0.05, 0.1) is 5.02 Å². The maximum Gasteiger partial charge on any atom is 0.244 e. The van der Waals surface area contributed by atoms with Gasteiger partial charge in [0.1, 0.15) is 10.7 Å². The minimum atomic E-state index is -3.82. The smallest absolute Gasteiger partial charge is 0.244 e. The lowest BCUT2D eigenvalue weighted by atomic mass is 9.87. The van der Waals surface area contributed by atoms with Crippen LogP contribution in [0.2, 0.25) is 5.02 Å². The number of hydrogen-bond acceptors (Lipinski definition) is 3. The van der Waals surface area contributed by atoms with E-state index in [4.69, 9.17) is 16.7 Å². The van der Waals surface area contributed by atoms with Crippen molar-refractivity contribution >= 4 is 21.6 Å². The molecule has 0 spiro atoms. The number of nitrogens with zero attached hydrogens (tertiary/aromatic N) is 1. The van der Waals surface area contributed by atoms with Crippen LogP contribution in [-0.2, 0) is 10.0 Å². The van der Waals surface area contributed by atoms with Crippen LogP contribution < -0.4 is 0 Å². The summed E-state index contributed by atoms with van der Waals surface area (Å²) < 4.78 is 39.8. The monoisotopic (exact) mass is 335 g/mol. The summed E-state index contributed by atoms with van der Waals surface area (Å²) in [6.07, 6.45) is 2.96. The molecule has 1 aromatic carbocycles. The summed E-state index contributed by atoms with van der Waals surface area (Å²) in [5, 5.41) is 9.15. The van der Waals surface area contributed by atoms with E-state index in [1.54, 1.807) is 0 Å². The van der Waals surface area contributed by atoms with Crippen molar-refractivity contribution in [2.45, 2.75) is 36.6 Å². The van der Waals surface area contributed by atoms with Crippen molar-refractivity contribution in [3.63, 3.8) is 0 Å². The number of aliphatic hydroxyl groups excluding tert-OH is 1. The summed E-state index contributed by atoms with van der Waals surface area (Å²) in [6, 6.07) is 3.19. The van der Waals surface area contributed by atoms with E-state index < -0.39 is 15.8 Å². The first kappa shape index (κ1) is 16.7. The van der Waals surface area contributed by atoms with E-state index in [0.29, 0.717) is 12.8 Å². The Kier molecular flexibility index (Phi) is 5.24. The molecule has 0 radical (unpaired) electrons. The SMILES string of the molecule is CN(C1CCC(CO)CC1)S(=O)(=O)c1cc(F)ccc1Cl. The standard InChI is InChI=1S/C14H19ClFNO3S/c1-17(12-5-2-10(9-18)3-6-12)21(19,20)14-8-11(16)4-7-13(14)15/h4,7-8,10,12,18H,2-3,5-6,9H2,1H3. The van der Waals surface area contributed by atoms with E-state index >= 15 is 0 Å². The Morgan fingerprint density at radius 1 is 1.33 bits per heavy atom. The normalized spacial score (nSPS) is 23.5. The molecular formula is C14H19ClFNO3S. The quantitative estimate of drug-likeness (QED) is 0.920. The molecule has 7 heteroatoms. The Hall–Kier alpha value is -0.690. The van der Waals surface area contributed by atoms with Crippen molar-refractivity contribution < 1.29 is 17.9 Å². The van der Waals surface area contributed by atoms with Gasteiger partial charge in [-0.3, -0.25) is 0 Å². The molecule has 118 valence electrons. The van der Waals surface area contributed by atoms with Crippen LogP contribution in [0.25, 0.3) is 0 Å². The Labute approximate surface area is 129 Å². The van der Waals surface area contributed by atoms with Gasteiger partial charge in [0.15, 0.2) is 0 Å². The first-order valence-electron chi connectivity index (χ1n) is 6.90. The number of sulfonamides is 1. The van der Waals surface area contributed by atoms with Gasteiger partial charge in [-0.1, -0.05) is 11.6 Å². The number of halogens is 2. The summed E-state index contributed by atoms with van der Waals surface area (Å²) >= 11 is 5.90. The molecule has 0 atom stereocenters. The minimum absolute atomic E-state index is 0.0206. The molecule has 0 amide bonds. The van der Waals surface area contributed by atoms with Crippen LogP contribution >= 0.6 is 11.6 Å². The highest BCUT2D eigenvalue weighted by atomic mass is 35.5. The highest BCUT2D eigenvalue weighted by Crippen LogP contribution is 2.31. The molecule has 1 N–H and O–H groups in total. The fraction of sp³-hybridized carbons (Fsp3) is 0.571. The van der Waals surface area contributed by atoms with Gasteiger partial charge in [0, 0.05) is 19.7 Å². The van der Waals surface area contributed by atoms with Crippen molar-refractivity contribution in [1.82, 2.24) is 4.31 Å². The summed E-state index contributed by atoms with van der Waals surface area (Å²) in [5.41, 5.74) is 0. The molecular weight excluding hydrogens is 317 g/mol. The van der Waals surface area contributed by atoms with E-state index in [0.717, 1.165) is 25.0 Å². The largest absolute Gasteiger partial charge is 0.396 e. The molecule has 1 fully saturated rings. The Morgan fingerprint density at radius 3 is 2.52 bits per heavy atom. The lowest BCUT2D eigenvalue weighted by Crippen LogP contribution is -2.39. The summed E-state index contributed by atoms with van der Waals surface area (Å²) in [6.45, 7) is 0.138. The average molecular weight is 336 g/mol. The topological polar surface area (TPSA) is 57.6 Å². The van der Waals surface area contributed by atoms with Crippen LogP contribution in [0.3, 0.4) is 0 Å². The van der Waals surface area contributed by atoms with Crippen molar-refractivity contribution in [2.24, 2.45) is 5.92 Å². The van der Waals surface area contributed by atoms with Gasteiger partial charge in [0.2, 0.25) is 10.0 Å². The van der Waals surface area contributed by atoms with Crippen molar-refractivity contribution in [3.05, 3.63) is 29.0 Å². The zero-order valence-corrected chi connectivity index (χ0v) is 13.4.